The normalized spacial score (nSPS) is 14.5. The van der Waals surface area contributed by atoms with Gasteiger partial charge in [0.25, 0.3) is 7.82 Å². The molecule has 0 saturated heterocycles. The number of nitrogens with one attached hydrogen (secondary N) is 1. The second-order valence-electron chi connectivity index (χ2n) is 25.5. The first-order valence-electron chi connectivity index (χ1n) is 36.7. The highest BCUT2D eigenvalue weighted by Crippen LogP contribution is 2.38. The number of carbonyl (C=O) groups is 1. The van der Waals surface area contributed by atoms with Gasteiger partial charge in [-0.3, -0.25) is 9.36 Å². The lowest BCUT2D eigenvalue weighted by molar-refractivity contribution is -0.870. The molecule has 3 atom stereocenters. The van der Waals surface area contributed by atoms with Gasteiger partial charge in [-0.05, 0) is 116 Å². The van der Waals surface area contributed by atoms with Gasteiger partial charge in [-0.25, -0.2) is 0 Å². The van der Waals surface area contributed by atoms with Gasteiger partial charge in [0.15, 0.2) is 0 Å². The van der Waals surface area contributed by atoms with Crippen LogP contribution in [0.25, 0.3) is 0 Å². The van der Waals surface area contributed by atoms with Gasteiger partial charge in [0.05, 0.1) is 39.9 Å². The van der Waals surface area contributed by atoms with Crippen LogP contribution in [-0.4, -0.2) is 68.5 Å². The molecule has 3 unspecified atom stereocenters. The van der Waals surface area contributed by atoms with E-state index in [1.54, 1.807) is 6.08 Å². The molecular formula is C80H139N2O6P. The third kappa shape index (κ3) is 71.7. The zero-order valence-corrected chi connectivity index (χ0v) is 59.2. The molecule has 0 bridgehead atoms. The van der Waals surface area contributed by atoms with Crippen molar-refractivity contribution in [1.29, 1.82) is 0 Å². The van der Waals surface area contributed by atoms with Crippen LogP contribution in [0.3, 0.4) is 0 Å². The second kappa shape index (κ2) is 68.7. The summed E-state index contributed by atoms with van der Waals surface area (Å²) >= 11 is 0. The highest BCUT2D eigenvalue weighted by atomic mass is 31.2. The fourth-order valence-corrected chi connectivity index (χ4v) is 10.8. The van der Waals surface area contributed by atoms with Gasteiger partial charge in [-0.1, -0.05) is 327 Å². The van der Waals surface area contributed by atoms with E-state index in [1.807, 2.05) is 27.2 Å². The maximum Gasteiger partial charge on any atom is 0.268 e. The van der Waals surface area contributed by atoms with Crippen molar-refractivity contribution in [3.05, 3.63) is 146 Å². The molecule has 0 heterocycles. The van der Waals surface area contributed by atoms with Gasteiger partial charge in [0, 0.05) is 6.42 Å². The Morgan fingerprint density at radius 2 is 0.697 bits per heavy atom. The van der Waals surface area contributed by atoms with Crippen LogP contribution in [0.5, 0.6) is 0 Å². The maximum atomic E-state index is 13.0. The minimum Gasteiger partial charge on any atom is -0.756 e. The first-order chi connectivity index (χ1) is 43.5. The number of nitrogens with zero attached hydrogens (tertiary/aromatic N) is 1. The van der Waals surface area contributed by atoms with Crippen LogP contribution in [0.15, 0.2) is 146 Å². The number of hydrogen-bond acceptors (Lipinski definition) is 6. The molecule has 89 heavy (non-hydrogen) atoms. The van der Waals surface area contributed by atoms with Crippen molar-refractivity contribution < 1.29 is 32.9 Å². The molecule has 1 amide bonds. The number of unbranched alkanes of at least 4 members (excludes halogenated alkanes) is 31. The number of likely N-dealkylation sites (N-methyl/N-ethyl adjacent to an activating group) is 1. The van der Waals surface area contributed by atoms with E-state index in [1.165, 1.54) is 167 Å². The quantitative estimate of drug-likeness (QED) is 0.0272. The smallest absolute Gasteiger partial charge is 0.268 e. The summed E-state index contributed by atoms with van der Waals surface area (Å²) in [4.78, 5) is 25.6. The molecule has 0 fully saturated rings. The Morgan fingerprint density at radius 3 is 1.04 bits per heavy atom. The first-order valence-corrected chi connectivity index (χ1v) is 38.2. The molecule has 0 aliphatic carbocycles. The summed E-state index contributed by atoms with van der Waals surface area (Å²) in [5, 5.41) is 13.9. The van der Waals surface area contributed by atoms with E-state index in [2.05, 4.69) is 153 Å². The predicted molar refractivity (Wildman–Crippen MR) is 389 cm³/mol. The lowest BCUT2D eigenvalue weighted by atomic mass is 10.0. The Labute approximate surface area is 550 Å². The number of aliphatic hydroxyl groups is 1. The van der Waals surface area contributed by atoms with E-state index in [4.69, 9.17) is 9.05 Å². The van der Waals surface area contributed by atoms with E-state index in [0.29, 0.717) is 17.4 Å². The van der Waals surface area contributed by atoms with Gasteiger partial charge in [0.2, 0.25) is 5.91 Å². The van der Waals surface area contributed by atoms with Crippen LogP contribution >= 0.6 is 7.82 Å². The fraction of sp³-hybridized carbons (Fsp3) is 0.688. The van der Waals surface area contributed by atoms with E-state index in [9.17, 15) is 19.4 Å². The number of aliphatic hydroxyl groups excluding tert-OH is 1. The Balaban J connectivity index is 4.20. The second-order valence-corrected chi connectivity index (χ2v) is 27.0. The Kier molecular flexibility index (Phi) is 65.9. The number of hydrogen-bond donors (Lipinski definition) is 2. The maximum absolute atomic E-state index is 13.0. The van der Waals surface area contributed by atoms with Crippen molar-refractivity contribution in [3.63, 3.8) is 0 Å². The van der Waals surface area contributed by atoms with Crippen molar-refractivity contribution in [2.24, 2.45) is 0 Å². The topological polar surface area (TPSA) is 108 Å². The molecule has 0 spiro atoms. The first kappa shape index (κ1) is 85.4. The van der Waals surface area contributed by atoms with Crippen molar-refractivity contribution in [2.75, 3.05) is 40.9 Å². The number of quaternary nitrogens is 1. The summed E-state index contributed by atoms with van der Waals surface area (Å²) in [7, 11) is 1.21. The predicted octanol–water partition coefficient (Wildman–Crippen LogP) is 23.3. The molecular weight excluding hydrogens is 1120 g/mol. The molecule has 0 aromatic rings. The highest BCUT2D eigenvalue weighted by Gasteiger charge is 2.23. The summed E-state index contributed by atoms with van der Waals surface area (Å²) in [6, 6.07) is -0.930. The number of amides is 1. The van der Waals surface area contributed by atoms with E-state index in [0.717, 1.165) is 116 Å². The van der Waals surface area contributed by atoms with Crippen molar-refractivity contribution in [2.45, 2.75) is 315 Å². The number of phosphoric acid groups is 1. The van der Waals surface area contributed by atoms with Gasteiger partial charge in [-0.2, -0.15) is 0 Å². The number of allylic oxidation sites excluding steroid dienone is 23. The summed E-state index contributed by atoms with van der Waals surface area (Å²) in [5.41, 5.74) is 0. The Hall–Kier alpha value is -3.62. The summed E-state index contributed by atoms with van der Waals surface area (Å²) in [6.45, 7) is 4.51. The fourth-order valence-electron chi connectivity index (χ4n) is 10.1. The summed E-state index contributed by atoms with van der Waals surface area (Å²) in [5.74, 6) is -0.226. The number of phosphoric ester groups is 1. The molecule has 0 aromatic heterocycles. The molecule has 0 aliphatic heterocycles. The average Bonchev–Trinajstić information content (AvgIpc) is 3.64. The molecule has 0 saturated carbocycles. The molecule has 0 aliphatic rings. The average molecular weight is 1260 g/mol. The molecule has 2 N–H and O–H groups in total. The van der Waals surface area contributed by atoms with Gasteiger partial charge in [-0.15, -0.1) is 0 Å². The SMILES string of the molecule is CC/C=C\C/C=C\C/C=C\C/C=C\C/C=C\C/C=C\C/C=C\C/C=C\C/C=C\CCCCCCCCCC(=O)NC(COP(=O)([O-])OCC[N+](C)(C)C)C(O)/C=C/CC/C=C/CC/C=C/CCCCCCCCCCCCCCCCCCCCCCCC. The molecule has 9 heteroatoms. The monoisotopic (exact) mass is 1260 g/mol. The van der Waals surface area contributed by atoms with Gasteiger partial charge in [0.1, 0.15) is 13.2 Å². The van der Waals surface area contributed by atoms with E-state index in [-0.39, 0.29) is 12.5 Å². The minimum atomic E-state index is -4.63. The minimum absolute atomic E-state index is 0.0189. The molecule has 0 aromatic carbocycles. The highest BCUT2D eigenvalue weighted by molar-refractivity contribution is 7.45. The number of rotatable bonds is 66. The van der Waals surface area contributed by atoms with Crippen LogP contribution in [0, 0.1) is 0 Å². The van der Waals surface area contributed by atoms with Crippen LogP contribution in [0.4, 0.5) is 0 Å². The van der Waals surface area contributed by atoms with Crippen LogP contribution in [0.2, 0.25) is 0 Å². The standard InChI is InChI=1S/C80H139N2O6P/c1-6-8-10-12-14-16-18-20-22-24-26-28-30-32-34-36-38-40-41-42-44-46-48-50-52-54-56-58-60-62-64-66-68-70-72-74-80(84)81-78(77-88-89(85,86)87-76-75-82(3,4)5)79(83)73-71-69-67-65-63-61-59-57-55-53-51-49-47-45-43-39-37-35-33-31-29-27-25-23-21-19-17-15-13-11-9-7-2/h8,10,14,16,20,22,26,28,32,34,38,40,42,44,48,50,54-57,63,65,71,73,78-79,83H,6-7,9,11-13,15,17-19,21,23-25,27,29-31,33,35-37,39,41,43,45-47,49,51-53,58-62,64,66-70,72,74-77H2,1-5H3,(H-,81,84,85,86)/b10-8-,16-14-,22-20-,28-26-,34-32-,40-38-,44-42-,50-48-,56-54-,57-55+,65-63+,73-71+. The van der Waals surface area contributed by atoms with Crippen LogP contribution in [0.1, 0.15) is 303 Å². The third-order valence-corrected chi connectivity index (χ3v) is 16.7. The summed E-state index contributed by atoms with van der Waals surface area (Å²) in [6.07, 6.45) is 106. The third-order valence-electron chi connectivity index (χ3n) is 15.8. The van der Waals surface area contributed by atoms with Gasteiger partial charge >= 0.3 is 0 Å². The van der Waals surface area contributed by atoms with Crippen molar-refractivity contribution in [3.8, 4) is 0 Å². The summed E-state index contributed by atoms with van der Waals surface area (Å²) < 4.78 is 23.4. The van der Waals surface area contributed by atoms with E-state index < -0.39 is 26.6 Å². The van der Waals surface area contributed by atoms with E-state index >= 15 is 0 Å². The number of carbonyl (C=O) groups excluding carboxylic acids is 1. The Bertz CT molecular complexity index is 1960. The van der Waals surface area contributed by atoms with Crippen LogP contribution < -0.4 is 10.2 Å². The molecule has 8 nitrogen and oxygen atoms in total. The van der Waals surface area contributed by atoms with Crippen LogP contribution in [-0.2, 0) is 18.4 Å². The Morgan fingerprint density at radius 1 is 0.404 bits per heavy atom. The lowest BCUT2D eigenvalue weighted by Gasteiger charge is -2.29. The zero-order chi connectivity index (χ0) is 64.8. The largest absolute Gasteiger partial charge is 0.756 e. The van der Waals surface area contributed by atoms with Gasteiger partial charge < -0.3 is 28.8 Å². The molecule has 0 rings (SSSR count). The van der Waals surface area contributed by atoms with Crippen molar-refractivity contribution >= 4 is 13.7 Å². The zero-order valence-electron chi connectivity index (χ0n) is 58.3. The molecule has 0 radical (unpaired) electrons. The lowest BCUT2D eigenvalue weighted by Crippen LogP contribution is -2.45. The van der Waals surface area contributed by atoms with Crippen molar-refractivity contribution in [1.82, 2.24) is 5.32 Å². The molecule has 510 valence electrons.